The number of nitrogens with zero attached hydrogens (tertiary/aromatic N) is 1. The van der Waals surface area contributed by atoms with Gasteiger partial charge in [0.05, 0.1) is 0 Å². The third kappa shape index (κ3) is 4.65. The molecule has 8 heteroatoms. The number of hydrogen-bond donors (Lipinski definition) is 3. The predicted octanol–water partition coefficient (Wildman–Crippen LogP) is 2.44. The number of amides is 2. The second kappa shape index (κ2) is 8.98. The first kappa shape index (κ1) is 19.3. The van der Waals surface area contributed by atoms with Crippen LogP contribution in [0.2, 0.25) is 0 Å². The van der Waals surface area contributed by atoms with Crippen molar-refractivity contribution in [3.63, 3.8) is 0 Å². The van der Waals surface area contributed by atoms with Gasteiger partial charge in [0.2, 0.25) is 5.91 Å². The van der Waals surface area contributed by atoms with E-state index in [2.05, 4.69) is 26.8 Å². The van der Waals surface area contributed by atoms with E-state index in [9.17, 15) is 9.59 Å². The Balaban J connectivity index is 1.53. The quantitative estimate of drug-likeness (QED) is 0.609. The van der Waals surface area contributed by atoms with Gasteiger partial charge in [-0.25, -0.2) is 10.2 Å². The van der Waals surface area contributed by atoms with E-state index in [1.165, 1.54) is 0 Å². The van der Waals surface area contributed by atoms with Crippen molar-refractivity contribution in [2.75, 3.05) is 11.4 Å². The molecule has 1 heterocycles. The molecular weight excluding hydrogens is 412 g/mol. The standard InChI is InChI=1S/C19H21BrN4O3/c20-15-7-4-8-17(14(15)11-21)24-10-9-16(18(24)25)22-23-19(26)27-12-13-5-2-1-3-6-13/h1-8,16,22H,9-12,21H2,(H,23,26). The molecule has 7 nitrogen and oxygen atoms in total. The van der Waals surface area contributed by atoms with E-state index >= 15 is 0 Å². The van der Waals surface area contributed by atoms with E-state index in [0.29, 0.717) is 19.5 Å². The zero-order chi connectivity index (χ0) is 19.2. The lowest BCUT2D eigenvalue weighted by molar-refractivity contribution is -0.119. The SMILES string of the molecule is NCc1c(Br)cccc1N1CCC(NNC(=O)OCc2ccccc2)C1=O. The van der Waals surface area contributed by atoms with Gasteiger partial charge in [0.15, 0.2) is 0 Å². The van der Waals surface area contributed by atoms with Crippen molar-refractivity contribution >= 4 is 33.6 Å². The Hall–Kier alpha value is -2.42. The maximum Gasteiger partial charge on any atom is 0.421 e. The predicted molar refractivity (Wildman–Crippen MR) is 106 cm³/mol. The first-order valence-corrected chi connectivity index (χ1v) is 9.40. The second-order valence-corrected chi connectivity index (χ2v) is 6.96. The number of carbonyl (C=O) groups excluding carboxylic acids is 2. The van der Waals surface area contributed by atoms with Crippen LogP contribution in [0.25, 0.3) is 0 Å². The largest absolute Gasteiger partial charge is 0.444 e. The number of carbonyl (C=O) groups is 2. The summed E-state index contributed by atoms with van der Waals surface area (Å²) in [5, 5.41) is 0. The molecule has 0 aromatic heterocycles. The zero-order valence-corrected chi connectivity index (χ0v) is 16.2. The van der Waals surface area contributed by atoms with Gasteiger partial charge in [-0.2, -0.15) is 0 Å². The maximum atomic E-state index is 12.7. The highest BCUT2D eigenvalue weighted by molar-refractivity contribution is 9.10. The second-order valence-electron chi connectivity index (χ2n) is 6.10. The van der Waals surface area contributed by atoms with Crippen LogP contribution in [0.5, 0.6) is 0 Å². The van der Waals surface area contributed by atoms with Crippen molar-refractivity contribution in [2.24, 2.45) is 5.73 Å². The number of nitrogens with one attached hydrogen (secondary N) is 2. The van der Waals surface area contributed by atoms with Crippen molar-refractivity contribution in [1.82, 2.24) is 10.9 Å². The van der Waals surface area contributed by atoms with Gasteiger partial charge in [0.25, 0.3) is 0 Å². The molecule has 27 heavy (non-hydrogen) atoms. The van der Waals surface area contributed by atoms with Gasteiger partial charge in [-0.1, -0.05) is 52.3 Å². The first-order chi connectivity index (χ1) is 13.1. The lowest BCUT2D eigenvalue weighted by Crippen LogP contribution is -2.48. The third-order valence-corrected chi connectivity index (χ3v) is 5.10. The fraction of sp³-hybridized carbons (Fsp3) is 0.263. The van der Waals surface area contributed by atoms with Gasteiger partial charge in [-0.3, -0.25) is 10.2 Å². The highest BCUT2D eigenvalue weighted by Crippen LogP contribution is 2.30. The van der Waals surface area contributed by atoms with E-state index in [0.717, 1.165) is 21.3 Å². The number of benzene rings is 2. The van der Waals surface area contributed by atoms with Crippen LogP contribution in [-0.2, 0) is 22.7 Å². The Kier molecular flexibility index (Phi) is 6.44. The number of rotatable bonds is 6. The number of hydrogen-bond acceptors (Lipinski definition) is 5. The molecular formula is C19H21BrN4O3. The van der Waals surface area contributed by atoms with Crippen LogP contribution < -0.4 is 21.5 Å². The lowest BCUT2D eigenvalue weighted by Gasteiger charge is -2.21. The Morgan fingerprint density at radius 3 is 2.74 bits per heavy atom. The van der Waals surface area contributed by atoms with Gasteiger partial charge in [-0.15, -0.1) is 0 Å². The van der Waals surface area contributed by atoms with E-state index < -0.39 is 12.1 Å². The molecule has 0 saturated carbocycles. The first-order valence-electron chi connectivity index (χ1n) is 8.61. The highest BCUT2D eigenvalue weighted by atomic mass is 79.9. The normalized spacial score (nSPS) is 16.4. The summed E-state index contributed by atoms with van der Waals surface area (Å²) in [5.74, 6) is -0.119. The average molecular weight is 433 g/mol. The molecule has 142 valence electrons. The Labute approximate surface area is 166 Å². The average Bonchev–Trinajstić information content (AvgIpc) is 3.05. The van der Waals surface area contributed by atoms with Crippen LogP contribution in [0.1, 0.15) is 17.5 Å². The maximum absolute atomic E-state index is 12.7. The van der Waals surface area contributed by atoms with Crippen LogP contribution in [0.4, 0.5) is 10.5 Å². The summed E-state index contributed by atoms with van der Waals surface area (Å²) in [5.41, 5.74) is 13.6. The molecule has 1 fully saturated rings. The molecule has 1 unspecified atom stereocenters. The fourth-order valence-corrected chi connectivity index (χ4v) is 3.48. The summed E-state index contributed by atoms with van der Waals surface area (Å²) in [7, 11) is 0. The van der Waals surface area contributed by atoms with Crippen molar-refractivity contribution in [3.8, 4) is 0 Å². The van der Waals surface area contributed by atoms with E-state index in [-0.39, 0.29) is 12.5 Å². The fourth-order valence-electron chi connectivity index (χ4n) is 2.96. The van der Waals surface area contributed by atoms with Crippen LogP contribution in [0.15, 0.2) is 53.0 Å². The molecule has 0 aliphatic carbocycles. The third-order valence-electron chi connectivity index (χ3n) is 4.36. The van der Waals surface area contributed by atoms with Crippen molar-refractivity contribution < 1.29 is 14.3 Å². The molecule has 1 saturated heterocycles. The molecule has 0 radical (unpaired) electrons. The Morgan fingerprint density at radius 1 is 1.22 bits per heavy atom. The molecule has 2 aromatic rings. The summed E-state index contributed by atoms with van der Waals surface area (Å²) in [6, 6.07) is 14.5. The monoisotopic (exact) mass is 432 g/mol. The van der Waals surface area contributed by atoms with Crippen LogP contribution in [-0.4, -0.2) is 24.6 Å². The van der Waals surface area contributed by atoms with Gasteiger partial charge >= 0.3 is 6.09 Å². The van der Waals surface area contributed by atoms with Crippen LogP contribution in [0.3, 0.4) is 0 Å². The van der Waals surface area contributed by atoms with Gasteiger partial charge in [0, 0.05) is 28.8 Å². The minimum absolute atomic E-state index is 0.119. The summed E-state index contributed by atoms with van der Waals surface area (Å²) in [4.78, 5) is 26.2. The number of ether oxygens (including phenoxy) is 1. The van der Waals surface area contributed by atoms with Crippen LogP contribution >= 0.6 is 15.9 Å². The number of halogens is 1. The lowest BCUT2D eigenvalue weighted by atomic mass is 10.1. The molecule has 3 rings (SSSR count). The van der Waals surface area contributed by atoms with Gasteiger partial charge in [-0.05, 0) is 24.1 Å². The number of hydrazine groups is 1. The molecule has 4 N–H and O–H groups in total. The minimum atomic E-state index is -0.629. The molecule has 0 spiro atoms. The van der Waals surface area contributed by atoms with E-state index in [1.54, 1.807) is 4.90 Å². The summed E-state index contributed by atoms with van der Waals surface area (Å²) < 4.78 is 6.00. The van der Waals surface area contributed by atoms with E-state index in [1.807, 2.05) is 48.5 Å². The topological polar surface area (TPSA) is 96.7 Å². The summed E-state index contributed by atoms with van der Waals surface area (Å²) in [6.07, 6.45) is -0.0656. The van der Waals surface area contributed by atoms with Crippen LogP contribution in [0, 0.1) is 0 Å². The summed E-state index contributed by atoms with van der Waals surface area (Å²) in [6.45, 7) is 1.03. The molecule has 1 aliphatic heterocycles. The highest BCUT2D eigenvalue weighted by Gasteiger charge is 2.34. The number of nitrogens with two attached hydrogens (primary N) is 1. The number of anilines is 1. The van der Waals surface area contributed by atoms with Crippen molar-refractivity contribution in [3.05, 3.63) is 64.1 Å². The molecule has 1 atom stereocenters. The van der Waals surface area contributed by atoms with Gasteiger partial charge in [0.1, 0.15) is 12.6 Å². The zero-order valence-electron chi connectivity index (χ0n) is 14.7. The van der Waals surface area contributed by atoms with E-state index in [4.69, 9.17) is 10.5 Å². The summed E-state index contributed by atoms with van der Waals surface area (Å²) >= 11 is 3.47. The Bertz CT molecular complexity index is 816. The minimum Gasteiger partial charge on any atom is -0.444 e. The molecule has 1 aliphatic rings. The van der Waals surface area contributed by atoms with Crippen molar-refractivity contribution in [2.45, 2.75) is 25.6 Å². The molecule has 2 aromatic carbocycles. The Morgan fingerprint density at radius 2 is 2.00 bits per heavy atom. The molecule has 0 bridgehead atoms. The smallest absolute Gasteiger partial charge is 0.421 e. The van der Waals surface area contributed by atoms with Gasteiger partial charge < -0.3 is 15.4 Å². The molecule has 2 amide bonds. The van der Waals surface area contributed by atoms with Crippen molar-refractivity contribution in [1.29, 1.82) is 0 Å².